The average Bonchev–Trinajstić information content (AvgIpc) is 2.89. The number of likely N-dealkylation sites (tertiary alicyclic amines) is 1. The lowest BCUT2D eigenvalue weighted by atomic mass is 9.68. The first kappa shape index (κ1) is 10.5. The Morgan fingerprint density at radius 3 is 2.94 bits per heavy atom. The zero-order chi connectivity index (χ0) is 11.5. The van der Waals surface area contributed by atoms with E-state index < -0.39 is 0 Å². The molecule has 2 bridgehead atoms. The monoisotopic (exact) mass is 234 g/mol. The Morgan fingerprint density at radius 2 is 2.18 bits per heavy atom. The van der Waals surface area contributed by atoms with E-state index in [2.05, 4.69) is 29.4 Å². The molecule has 0 aliphatic carbocycles. The molecule has 2 spiro atoms. The van der Waals surface area contributed by atoms with E-state index in [0.29, 0.717) is 11.6 Å². The Bertz CT molecular complexity index is 359. The first-order valence-electron chi connectivity index (χ1n) is 7.01. The van der Waals surface area contributed by atoms with Crippen molar-refractivity contribution < 1.29 is 4.74 Å². The first-order chi connectivity index (χ1) is 8.20. The number of ether oxygens (including phenoxy) is 1. The second kappa shape index (κ2) is 3.34. The molecule has 17 heavy (non-hydrogen) atoms. The Morgan fingerprint density at radius 1 is 1.35 bits per heavy atom. The van der Waals surface area contributed by atoms with Crippen molar-refractivity contribution in [1.82, 2.24) is 10.2 Å². The summed E-state index contributed by atoms with van der Waals surface area (Å²) in [5, 5.41) is 3.84. The van der Waals surface area contributed by atoms with E-state index in [-0.39, 0.29) is 5.60 Å². The van der Waals surface area contributed by atoms with E-state index in [4.69, 9.17) is 4.74 Å². The maximum atomic E-state index is 6.13. The summed E-state index contributed by atoms with van der Waals surface area (Å²) in [5.41, 5.74) is 0.489. The number of nitrogens with zero attached hydrogens (tertiary/aromatic N) is 1. The zero-order valence-electron chi connectivity index (χ0n) is 10.6. The predicted octanol–water partition coefficient (Wildman–Crippen LogP) is 1.16. The topological polar surface area (TPSA) is 24.5 Å². The van der Waals surface area contributed by atoms with Crippen LogP contribution in [0.4, 0.5) is 0 Å². The summed E-state index contributed by atoms with van der Waals surface area (Å²) in [6, 6.07) is 0. The highest BCUT2D eigenvalue weighted by molar-refractivity contribution is 5.24. The van der Waals surface area contributed by atoms with Gasteiger partial charge in [-0.05, 0) is 51.7 Å². The SMILES string of the molecule is CN1CCC2(CC1)C[C@H]1C[C@H]3C=C[C@@]1(CN2)O3. The summed E-state index contributed by atoms with van der Waals surface area (Å²) in [6.45, 7) is 3.52. The second-order valence-electron chi connectivity index (χ2n) is 6.54. The predicted molar refractivity (Wildman–Crippen MR) is 66.9 cm³/mol. The minimum atomic E-state index is 0.0687. The van der Waals surface area contributed by atoms with E-state index in [1.165, 1.54) is 38.8 Å². The molecule has 4 aliphatic heterocycles. The highest BCUT2D eigenvalue weighted by Crippen LogP contribution is 2.50. The summed E-state index contributed by atoms with van der Waals surface area (Å²) in [6.07, 6.45) is 10.2. The van der Waals surface area contributed by atoms with Crippen LogP contribution in [-0.4, -0.2) is 48.8 Å². The lowest BCUT2D eigenvalue weighted by molar-refractivity contribution is -0.0321. The van der Waals surface area contributed by atoms with Gasteiger partial charge in [0.15, 0.2) is 0 Å². The highest BCUT2D eigenvalue weighted by Gasteiger charge is 2.56. The summed E-state index contributed by atoms with van der Waals surface area (Å²) >= 11 is 0. The van der Waals surface area contributed by atoms with Gasteiger partial charge in [0, 0.05) is 12.1 Å². The minimum absolute atomic E-state index is 0.0687. The molecule has 0 aromatic carbocycles. The standard InChI is InChI=1S/C14H22N2O/c1-16-6-4-13(5-7-16)9-11-8-12-2-3-14(11,17-12)10-15-13/h2-3,11-12,15H,4-10H2,1H3/t11-,12-,14+/m1/s1. The molecule has 3 saturated heterocycles. The number of piperidine rings is 2. The van der Waals surface area contributed by atoms with Crippen LogP contribution in [0.5, 0.6) is 0 Å². The highest BCUT2D eigenvalue weighted by atomic mass is 16.5. The molecule has 0 amide bonds. The quantitative estimate of drug-likeness (QED) is 0.637. The second-order valence-corrected chi connectivity index (χ2v) is 6.54. The summed E-state index contributed by atoms with van der Waals surface area (Å²) in [7, 11) is 2.24. The van der Waals surface area contributed by atoms with Gasteiger partial charge in [-0.2, -0.15) is 0 Å². The Hall–Kier alpha value is -0.380. The first-order valence-corrected chi connectivity index (χ1v) is 7.01. The van der Waals surface area contributed by atoms with Gasteiger partial charge in [0.1, 0.15) is 5.60 Å². The van der Waals surface area contributed by atoms with E-state index in [1.54, 1.807) is 0 Å². The van der Waals surface area contributed by atoms with Gasteiger partial charge in [-0.1, -0.05) is 12.2 Å². The molecule has 3 heteroatoms. The van der Waals surface area contributed by atoms with Gasteiger partial charge >= 0.3 is 0 Å². The lowest BCUT2D eigenvalue weighted by Gasteiger charge is -2.50. The molecule has 4 heterocycles. The number of rotatable bonds is 0. The van der Waals surface area contributed by atoms with E-state index in [1.807, 2.05) is 0 Å². The Balaban J connectivity index is 1.54. The van der Waals surface area contributed by atoms with Gasteiger partial charge in [0.2, 0.25) is 0 Å². The fourth-order valence-corrected chi connectivity index (χ4v) is 4.27. The van der Waals surface area contributed by atoms with Crippen molar-refractivity contribution in [2.24, 2.45) is 5.92 Å². The smallest absolute Gasteiger partial charge is 0.102 e. The van der Waals surface area contributed by atoms with Crippen LogP contribution >= 0.6 is 0 Å². The Labute approximate surface area is 103 Å². The van der Waals surface area contributed by atoms with Gasteiger partial charge < -0.3 is 15.0 Å². The third-order valence-corrected chi connectivity index (χ3v) is 5.49. The third-order valence-electron chi connectivity index (χ3n) is 5.49. The van der Waals surface area contributed by atoms with Crippen LogP contribution in [0.1, 0.15) is 25.7 Å². The van der Waals surface area contributed by atoms with Gasteiger partial charge in [-0.25, -0.2) is 0 Å². The van der Waals surface area contributed by atoms with Crippen molar-refractivity contribution in [3.05, 3.63) is 12.2 Å². The van der Waals surface area contributed by atoms with Crippen LogP contribution in [0.2, 0.25) is 0 Å². The average molecular weight is 234 g/mol. The molecule has 0 aromatic rings. The number of nitrogens with one attached hydrogen (secondary N) is 1. The summed E-state index contributed by atoms with van der Waals surface area (Å²) in [4.78, 5) is 2.45. The molecular weight excluding hydrogens is 212 g/mol. The van der Waals surface area contributed by atoms with Gasteiger partial charge in [0.05, 0.1) is 6.10 Å². The van der Waals surface area contributed by atoms with Crippen LogP contribution in [0.25, 0.3) is 0 Å². The molecule has 0 radical (unpaired) electrons. The largest absolute Gasteiger partial charge is 0.362 e. The van der Waals surface area contributed by atoms with E-state index in [9.17, 15) is 0 Å². The minimum Gasteiger partial charge on any atom is -0.362 e. The fraction of sp³-hybridized carbons (Fsp3) is 0.857. The lowest BCUT2D eigenvalue weighted by Crippen LogP contribution is -2.63. The molecule has 4 aliphatic rings. The van der Waals surface area contributed by atoms with Crippen LogP contribution in [0, 0.1) is 5.92 Å². The molecule has 0 aromatic heterocycles. The molecular formula is C14H22N2O. The van der Waals surface area contributed by atoms with Crippen molar-refractivity contribution in [3.63, 3.8) is 0 Å². The molecule has 0 unspecified atom stereocenters. The normalized spacial score (nSPS) is 47.6. The zero-order valence-corrected chi connectivity index (χ0v) is 10.6. The van der Waals surface area contributed by atoms with Gasteiger partial charge in [-0.15, -0.1) is 0 Å². The summed E-state index contributed by atoms with van der Waals surface area (Å²) in [5.74, 6) is 0.766. The van der Waals surface area contributed by atoms with Crippen LogP contribution in [0.15, 0.2) is 12.2 Å². The number of fused-ring (bicyclic) bond motifs is 1. The number of hydrogen-bond donors (Lipinski definition) is 1. The summed E-state index contributed by atoms with van der Waals surface area (Å²) < 4.78 is 6.13. The molecule has 4 rings (SSSR count). The fourth-order valence-electron chi connectivity index (χ4n) is 4.27. The molecule has 94 valence electrons. The Kier molecular flexibility index (Phi) is 2.07. The maximum absolute atomic E-state index is 6.13. The van der Waals surface area contributed by atoms with Crippen molar-refractivity contribution in [2.75, 3.05) is 26.7 Å². The van der Waals surface area contributed by atoms with E-state index >= 15 is 0 Å². The molecule has 3 nitrogen and oxygen atoms in total. The van der Waals surface area contributed by atoms with Crippen molar-refractivity contribution >= 4 is 0 Å². The van der Waals surface area contributed by atoms with Crippen LogP contribution in [0.3, 0.4) is 0 Å². The molecule has 3 atom stereocenters. The van der Waals surface area contributed by atoms with Crippen molar-refractivity contribution in [1.29, 1.82) is 0 Å². The van der Waals surface area contributed by atoms with E-state index in [0.717, 1.165) is 12.5 Å². The molecule has 0 saturated carbocycles. The molecule has 1 N–H and O–H groups in total. The van der Waals surface area contributed by atoms with Crippen LogP contribution < -0.4 is 5.32 Å². The molecule has 3 fully saturated rings. The van der Waals surface area contributed by atoms with Gasteiger partial charge in [-0.3, -0.25) is 0 Å². The maximum Gasteiger partial charge on any atom is 0.102 e. The van der Waals surface area contributed by atoms with Crippen LogP contribution in [-0.2, 0) is 4.74 Å². The van der Waals surface area contributed by atoms with Gasteiger partial charge in [0.25, 0.3) is 0 Å². The van der Waals surface area contributed by atoms with Crippen molar-refractivity contribution in [2.45, 2.75) is 42.9 Å². The third kappa shape index (κ3) is 1.46. The van der Waals surface area contributed by atoms with Crippen molar-refractivity contribution in [3.8, 4) is 0 Å². The number of hydrogen-bond acceptors (Lipinski definition) is 3.